The van der Waals surface area contributed by atoms with E-state index in [1.165, 1.54) is 44.5 Å². The van der Waals surface area contributed by atoms with Gasteiger partial charge in [-0.05, 0) is 75.3 Å². The molecule has 0 heterocycles. The van der Waals surface area contributed by atoms with Crippen LogP contribution in [0, 0.1) is 0 Å². The van der Waals surface area contributed by atoms with Crippen LogP contribution in [0.15, 0.2) is 188 Å². The maximum atomic E-state index is 2.37. The summed E-state index contributed by atoms with van der Waals surface area (Å²) in [4.78, 5) is 2.37. The predicted molar refractivity (Wildman–Crippen MR) is 183 cm³/mol. The third kappa shape index (κ3) is 5.49. The lowest BCUT2D eigenvalue weighted by Gasteiger charge is -2.28. The quantitative estimate of drug-likeness (QED) is 0.191. The van der Waals surface area contributed by atoms with E-state index in [0.29, 0.717) is 0 Å². The zero-order chi connectivity index (χ0) is 28.8. The fourth-order valence-electron chi connectivity index (χ4n) is 5.79. The number of anilines is 3. The standard InChI is InChI=1S/C42H31N/c1-5-15-32(16-6-1)33-25-28-38(29-26-33)43(37-21-11-4-12-22-37)42-30-27-36(31-41(42)35-19-9-3-10-20-35)40-24-14-13-23-39(40)34-17-7-2-8-18-34/h1-31H. The molecule has 0 aliphatic carbocycles. The smallest absolute Gasteiger partial charge is 0.0540 e. The van der Waals surface area contributed by atoms with Crippen LogP contribution in [0.25, 0.3) is 44.5 Å². The van der Waals surface area contributed by atoms with Gasteiger partial charge in [-0.25, -0.2) is 0 Å². The minimum atomic E-state index is 1.11. The fourth-order valence-corrected chi connectivity index (χ4v) is 5.79. The topological polar surface area (TPSA) is 3.24 Å². The maximum Gasteiger partial charge on any atom is 0.0540 e. The molecule has 0 unspecified atom stereocenters. The van der Waals surface area contributed by atoms with Crippen LogP contribution in [0.1, 0.15) is 0 Å². The Bertz CT molecular complexity index is 1930. The first-order chi connectivity index (χ1) is 21.3. The summed E-state index contributed by atoms with van der Waals surface area (Å²) in [6.07, 6.45) is 0. The van der Waals surface area contributed by atoms with Gasteiger partial charge in [0.1, 0.15) is 0 Å². The number of benzene rings is 7. The highest BCUT2D eigenvalue weighted by molar-refractivity contribution is 5.93. The van der Waals surface area contributed by atoms with E-state index in [4.69, 9.17) is 0 Å². The van der Waals surface area contributed by atoms with Crippen molar-refractivity contribution in [3.05, 3.63) is 188 Å². The molecule has 0 aliphatic heterocycles. The van der Waals surface area contributed by atoms with Crippen molar-refractivity contribution in [2.45, 2.75) is 0 Å². The van der Waals surface area contributed by atoms with Crippen LogP contribution in [0.4, 0.5) is 17.1 Å². The number of rotatable bonds is 7. The van der Waals surface area contributed by atoms with Crippen molar-refractivity contribution in [2.75, 3.05) is 4.90 Å². The minimum absolute atomic E-state index is 1.11. The Morgan fingerprint density at radius 3 is 1.23 bits per heavy atom. The van der Waals surface area contributed by atoms with Gasteiger partial charge < -0.3 is 4.90 Å². The van der Waals surface area contributed by atoms with Gasteiger partial charge in [-0.2, -0.15) is 0 Å². The largest absolute Gasteiger partial charge is 0.310 e. The second kappa shape index (κ2) is 12.1. The van der Waals surface area contributed by atoms with Gasteiger partial charge in [0.05, 0.1) is 5.69 Å². The molecule has 43 heavy (non-hydrogen) atoms. The first-order valence-electron chi connectivity index (χ1n) is 14.7. The van der Waals surface area contributed by atoms with Gasteiger partial charge in [0.2, 0.25) is 0 Å². The molecule has 0 atom stereocenters. The normalized spacial score (nSPS) is 10.8. The van der Waals surface area contributed by atoms with Gasteiger partial charge >= 0.3 is 0 Å². The van der Waals surface area contributed by atoms with Crippen molar-refractivity contribution >= 4 is 17.1 Å². The summed E-state index contributed by atoms with van der Waals surface area (Å²) in [5.41, 5.74) is 13.0. The van der Waals surface area contributed by atoms with E-state index in [2.05, 4.69) is 193 Å². The van der Waals surface area contributed by atoms with Crippen molar-refractivity contribution in [1.82, 2.24) is 0 Å². The summed E-state index contributed by atoms with van der Waals surface area (Å²) in [7, 11) is 0. The van der Waals surface area contributed by atoms with Crippen LogP contribution < -0.4 is 4.90 Å². The summed E-state index contributed by atoms with van der Waals surface area (Å²) in [6.45, 7) is 0. The highest BCUT2D eigenvalue weighted by atomic mass is 15.1. The molecule has 0 aliphatic rings. The fraction of sp³-hybridized carbons (Fsp3) is 0. The SMILES string of the molecule is c1ccc(-c2ccc(N(c3ccccc3)c3ccc(-c4ccccc4-c4ccccc4)cc3-c3ccccc3)cc2)cc1. The Labute approximate surface area is 254 Å². The van der Waals surface area contributed by atoms with Crippen LogP contribution in [0.5, 0.6) is 0 Å². The van der Waals surface area contributed by atoms with Gasteiger partial charge in [-0.1, -0.05) is 152 Å². The summed E-state index contributed by atoms with van der Waals surface area (Å²) in [5.74, 6) is 0. The van der Waals surface area contributed by atoms with E-state index in [-0.39, 0.29) is 0 Å². The summed E-state index contributed by atoms with van der Waals surface area (Å²) < 4.78 is 0. The molecule has 0 saturated carbocycles. The van der Waals surface area contributed by atoms with Crippen LogP contribution in [0.2, 0.25) is 0 Å². The van der Waals surface area contributed by atoms with Crippen molar-refractivity contribution in [2.24, 2.45) is 0 Å². The molecule has 1 nitrogen and oxygen atoms in total. The molecule has 0 fully saturated rings. The molecule has 7 rings (SSSR count). The van der Waals surface area contributed by atoms with E-state index < -0.39 is 0 Å². The Morgan fingerprint density at radius 2 is 0.651 bits per heavy atom. The van der Waals surface area contributed by atoms with E-state index in [1.54, 1.807) is 0 Å². The third-order valence-electron chi connectivity index (χ3n) is 7.89. The summed E-state index contributed by atoms with van der Waals surface area (Å²) >= 11 is 0. The molecule has 0 radical (unpaired) electrons. The predicted octanol–water partition coefficient (Wildman–Crippen LogP) is 11.8. The molecule has 0 N–H and O–H groups in total. The number of nitrogens with zero attached hydrogens (tertiary/aromatic N) is 1. The monoisotopic (exact) mass is 549 g/mol. The van der Waals surface area contributed by atoms with E-state index in [9.17, 15) is 0 Å². The molecular formula is C42H31N. The van der Waals surface area contributed by atoms with Gasteiger partial charge in [0.25, 0.3) is 0 Å². The molecule has 1 heteroatoms. The van der Waals surface area contributed by atoms with Gasteiger partial charge in [-0.15, -0.1) is 0 Å². The molecule has 0 amide bonds. The lowest BCUT2D eigenvalue weighted by atomic mass is 9.91. The molecular weight excluding hydrogens is 518 g/mol. The highest BCUT2D eigenvalue weighted by Gasteiger charge is 2.19. The zero-order valence-corrected chi connectivity index (χ0v) is 23.8. The minimum Gasteiger partial charge on any atom is -0.310 e. The van der Waals surface area contributed by atoms with Crippen LogP contribution in [0.3, 0.4) is 0 Å². The zero-order valence-electron chi connectivity index (χ0n) is 23.8. The second-order valence-electron chi connectivity index (χ2n) is 10.6. The third-order valence-corrected chi connectivity index (χ3v) is 7.89. The maximum absolute atomic E-state index is 2.37. The van der Waals surface area contributed by atoms with E-state index in [0.717, 1.165) is 17.1 Å². The molecule has 7 aromatic rings. The van der Waals surface area contributed by atoms with Crippen molar-refractivity contribution < 1.29 is 0 Å². The van der Waals surface area contributed by atoms with E-state index >= 15 is 0 Å². The van der Waals surface area contributed by atoms with Crippen LogP contribution in [-0.4, -0.2) is 0 Å². The van der Waals surface area contributed by atoms with Crippen LogP contribution in [-0.2, 0) is 0 Å². The first-order valence-corrected chi connectivity index (χ1v) is 14.7. The van der Waals surface area contributed by atoms with Gasteiger partial charge in [-0.3, -0.25) is 0 Å². The first kappa shape index (κ1) is 26.3. The van der Waals surface area contributed by atoms with Gasteiger partial charge in [0.15, 0.2) is 0 Å². The Balaban J connectivity index is 1.40. The number of hydrogen-bond donors (Lipinski definition) is 0. The van der Waals surface area contributed by atoms with Gasteiger partial charge in [0, 0.05) is 16.9 Å². The van der Waals surface area contributed by atoms with Crippen LogP contribution >= 0.6 is 0 Å². The Morgan fingerprint density at radius 1 is 0.256 bits per heavy atom. The highest BCUT2D eigenvalue weighted by Crippen LogP contribution is 2.44. The average Bonchev–Trinajstić information content (AvgIpc) is 3.10. The van der Waals surface area contributed by atoms with Crippen molar-refractivity contribution in [3.8, 4) is 44.5 Å². The number of hydrogen-bond acceptors (Lipinski definition) is 1. The molecule has 0 spiro atoms. The lowest BCUT2D eigenvalue weighted by Crippen LogP contribution is -2.11. The number of para-hydroxylation sites is 1. The van der Waals surface area contributed by atoms with Crippen molar-refractivity contribution in [3.63, 3.8) is 0 Å². The lowest BCUT2D eigenvalue weighted by molar-refractivity contribution is 1.28. The average molecular weight is 550 g/mol. The summed E-state index contributed by atoms with van der Waals surface area (Å²) in [6, 6.07) is 67.0. The molecule has 0 bridgehead atoms. The molecule has 204 valence electrons. The Hall–Kier alpha value is -5.66. The summed E-state index contributed by atoms with van der Waals surface area (Å²) in [5, 5.41) is 0. The Kier molecular flexibility index (Phi) is 7.36. The molecule has 0 saturated heterocycles. The molecule has 7 aromatic carbocycles. The van der Waals surface area contributed by atoms with Crippen molar-refractivity contribution in [1.29, 1.82) is 0 Å². The molecule has 0 aromatic heterocycles. The van der Waals surface area contributed by atoms with E-state index in [1.807, 2.05) is 0 Å². The second-order valence-corrected chi connectivity index (χ2v) is 10.6.